The molecule has 0 saturated heterocycles. The number of aliphatic hydroxyl groups is 2. The van der Waals surface area contributed by atoms with Gasteiger partial charge in [0.2, 0.25) is 5.91 Å². The van der Waals surface area contributed by atoms with Crippen LogP contribution >= 0.6 is 0 Å². The number of carbonyl (C=O) groups is 1. The summed E-state index contributed by atoms with van der Waals surface area (Å²) < 4.78 is 4.84. The highest BCUT2D eigenvalue weighted by atomic mass is 16.6. The van der Waals surface area contributed by atoms with Crippen molar-refractivity contribution < 1.29 is 19.7 Å². The zero-order valence-corrected chi connectivity index (χ0v) is 9.24. The molecular weight excluding hydrogens is 198 g/mol. The smallest absolute Gasteiger partial charge is 0.220 e. The molecule has 0 rings (SSSR count). The van der Waals surface area contributed by atoms with Gasteiger partial charge in [0, 0.05) is 19.6 Å². The van der Waals surface area contributed by atoms with E-state index in [0.717, 1.165) is 19.3 Å². The lowest BCUT2D eigenvalue weighted by Gasteiger charge is -2.07. The maximum Gasteiger partial charge on any atom is 0.220 e. The van der Waals surface area contributed by atoms with E-state index in [1.54, 1.807) is 0 Å². The van der Waals surface area contributed by atoms with Gasteiger partial charge in [-0.15, -0.1) is 0 Å². The predicted octanol–water partition coefficient (Wildman–Crippen LogP) is 0.0102. The molecule has 0 aromatic heterocycles. The van der Waals surface area contributed by atoms with Crippen molar-refractivity contribution in [3.63, 3.8) is 0 Å². The number of carbonyl (C=O) groups excluding carboxylic acids is 1. The van der Waals surface area contributed by atoms with Crippen LogP contribution < -0.4 is 5.32 Å². The second-order valence-corrected chi connectivity index (χ2v) is 3.35. The summed E-state index contributed by atoms with van der Waals surface area (Å²) in [5.41, 5.74) is 0. The first kappa shape index (κ1) is 14.3. The largest absolute Gasteiger partial charge is 0.396 e. The fraction of sp³-hybridized carbons (Fsp3) is 0.900. The lowest BCUT2D eigenvalue weighted by atomic mass is 10.2. The lowest BCUT2D eigenvalue weighted by molar-refractivity contribution is -0.122. The lowest BCUT2D eigenvalue weighted by Crippen LogP contribution is -2.28. The van der Waals surface area contributed by atoms with Gasteiger partial charge in [0.25, 0.3) is 0 Å². The topological polar surface area (TPSA) is 78.8 Å². The van der Waals surface area contributed by atoms with Crippen molar-refractivity contribution in [1.29, 1.82) is 0 Å². The van der Waals surface area contributed by atoms with Crippen molar-refractivity contribution in [2.45, 2.75) is 38.9 Å². The van der Waals surface area contributed by atoms with Gasteiger partial charge >= 0.3 is 0 Å². The van der Waals surface area contributed by atoms with Gasteiger partial charge in [0.05, 0.1) is 6.61 Å². The highest BCUT2D eigenvalue weighted by molar-refractivity contribution is 5.75. The van der Waals surface area contributed by atoms with Crippen LogP contribution in [-0.2, 0) is 9.53 Å². The third kappa shape index (κ3) is 11.3. The molecule has 5 nitrogen and oxygen atoms in total. The summed E-state index contributed by atoms with van der Waals surface area (Å²) in [5, 5.41) is 20.0. The number of rotatable bonds is 9. The predicted molar refractivity (Wildman–Crippen MR) is 56.2 cm³/mol. The third-order valence-electron chi connectivity index (χ3n) is 1.85. The molecule has 3 N–H and O–H groups in total. The molecule has 1 amide bonds. The number of nitrogens with one attached hydrogen (secondary N) is 1. The molecule has 0 saturated carbocycles. The molecule has 1 unspecified atom stereocenters. The molecule has 0 bridgehead atoms. The van der Waals surface area contributed by atoms with E-state index < -0.39 is 6.29 Å². The average molecular weight is 219 g/mol. The normalized spacial score (nSPS) is 12.5. The Hall–Kier alpha value is -0.650. The van der Waals surface area contributed by atoms with Crippen LogP contribution in [0.5, 0.6) is 0 Å². The van der Waals surface area contributed by atoms with E-state index in [-0.39, 0.29) is 12.5 Å². The van der Waals surface area contributed by atoms with Gasteiger partial charge < -0.3 is 20.3 Å². The van der Waals surface area contributed by atoms with E-state index in [0.29, 0.717) is 19.6 Å². The van der Waals surface area contributed by atoms with Crippen molar-refractivity contribution in [2.75, 3.05) is 19.8 Å². The summed E-state index contributed by atoms with van der Waals surface area (Å²) in [6.07, 6.45) is 2.11. The molecule has 1 atom stereocenters. The number of ether oxygens (including phenoxy) is 1. The molecule has 5 heteroatoms. The molecule has 0 aromatic rings. The zero-order chi connectivity index (χ0) is 11.5. The minimum absolute atomic E-state index is 0.0119. The molecule has 0 aliphatic heterocycles. The minimum Gasteiger partial charge on any atom is -0.396 e. The quantitative estimate of drug-likeness (QED) is 0.377. The number of aliphatic hydroxyl groups excluding tert-OH is 2. The molecule has 0 aliphatic rings. The monoisotopic (exact) mass is 219 g/mol. The first-order valence-electron chi connectivity index (χ1n) is 5.34. The Labute approximate surface area is 90.4 Å². The first-order valence-corrected chi connectivity index (χ1v) is 5.34. The van der Waals surface area contributed by atoms with Gasteiger partial charge in [-0.05, 0) is 19.8 Å². The standard InChI is InChI=1S/C10H21NO4/c1-9(13)15-8-6-11-10(14)5-3-2-4-7-12/h9,12-13H,2-8H2,1H3,(H,11,14). The molecule has 0 fully saturated rings. The van der Waals surface area contributed by atoms with Crippen LogP contribution in [0.15, 0.2) is 0 Å². The molecule has 15 heavy (non-hydrogen) atoms. The summed E-state index contributed by atoms with van der Waals surface area (Å²) >= 11 is 0. The van der Waals surface area contributed by atoms with Crippen LogP contribution in [0.25, 0.3) is 0 Å². The molecule has 0 aromatic carbocycles. The Morgan fingerprint density at radius 1 is 1.40 bits per heavy atom. The fourth-order valence-corrected chi connectivity index (χ4v) is 1.08. The Morgan fingerprint density at radius 2 is 2.13 bits per heavy atom. The van der Waals surface area contributed by atoms with Gasteiger partial charge in [0.1, 0.15) is 0 Å². The van der Waals surface area contributed by atoms with Crippen molar-refractivity contribution in [2.24, 2.45) is 0 Å². The molecule has 0 aliphatic carbocycles. The molecule has 90 valence electrons. The van der Waals surface area contributed by atoms with Gasteiger partial charge in [-0.1, -0.05) is 6.42 Å². The highest BCUT2D eigenvalue weighted by Gasteiger charge is 2.00. The van der Waals surface area contributed by atoms with Gasteiger partial charge in [0.15, 0.2) is 6.29 Å². The number of hydrogen-bond acceptors (Lipinski definition) is 4. The van der Waals surface area contributed by atoms with E-state index in [1.807, 2.05) is 0 Å². The number of unbranched alkanes of at least 4 members (excludes halogenated alkanes) is 2. The van der Waals surface area contributed by atoms with E-state index >= 15 is 0 Å². The Kier molecular flexibility index (Phi) is 9.46. The number of amides is 1. The van der Waals surface area contributed by atoms with Crippen LogP contribution in [0.3, 0.4) is 0 Å². The molecule has 0 radical (unpaired) electrons. The van der Waals surface area contributed by atoms with E-state index in [2.05, 4.69) is 5.32 Å². The highest BCUT2D eigenvalue weighted by Crippen LogP contribution is 1.98. The first-order chi connectivity index (χ1) is 7.16. The Balaban J connectivity index is 3.19. The van der Waals surface area contributed by atoms with Gasteiger partial charge in [-0.3, -0.25) is 4.79 Å². The van der Waals surface area contributed by atoms with Crippen LogP contribution in [0.2, 0.25) is 0 Å². The summed E-state index contributed by atoms with van der Waals surface area (Å²) in [6.45, 7) is 2.45. The third-order valence-corrected chi connectivity index (χ3v) is 1.85. The molecule has 0 spiro atoms. The molecule has 0 heterocycles. The van der Waals surface area contributed by atoms with Crippen LogP contribution in [0.4, 0.5) is 0 Å². The van der Waals surface area contributed by atoms with Crippen LogP contribution in [0, 0.1) is 0 Å². The van der Waals surface area contributed by atoms with Crippen molar-refractivity contribution in [3.8, 4) is 0 Å². The summed E-state index contributed by atoms with van der Waals surface area (Å²) in [6, 6.07) is 0. The second-order valence-electron chi connectivity index (χ2n) is 3.35. The van der Waals surface area contributed by atoms with E-state index in [1.165, 1.54) is 6.92 Å². The van der Waals surface area contributed by atoms with Crippen molar-refractivity contribution >= 4 is 5.91 Å². The average Bonchev–Trinajstić information content (AvgIpc) is 2.19. The summed E-state index contributed by atoms with van der Waals surface area (Å²) in [5.74, 6) is -0.0119. The second kappa shape index (κ2) is 9.89. The van der Waals surface area contributed by atoms with E-state index in [9.17, 15) is 4.79 Å². The van der Waals surface area contributed by atoms with Crippen molar-refractivity contribution in [3.05, 3.63) is 0 Å². The molecular formula is C10H21NO4. The maximum absolute atomic E-state index is 11.2. The van der Waals surface area contributed by atoms with Gasteiger partial charge in [-0.2, -0.15) is 0 Å². The van der Waals surface area contributed by atoms with E-state index in [4.69, 9.17) is 14.9 Å². The SMILES string of the molecule is CC(O)OCCNC(=O)CCCCCO. The van der Waals surface area contributed by atoms with Crippen molar-refractivity contribution in [1.82, 2.24) is 5.32 Å². The Morgan fingerprint density at radius 3 is 2.73 bits per heavy atom. The Bertz CT molecular complexity index is 162. The number of hydrogen-bond donors (Lipinski definition) is 3. The van der Waals surface area contributed by atoms with Gasteiger partial charge in [-0.25, -0.2) is 0 Å². The van der Waals surface area contributed by atoms with Crippen LogP contribution in [0.1, 0.15) is 32.6 Å². The minimum atomic E-state index is -0.786. The fourth-order valence-electron chi connectivity index (χ4n) is 1.08. The maximum atomic E-state index is 11.2. The van der Waals surface area contributed by atoms with Crippen LogP contribution in [-0.4, -0.2) is 42.2 Å². The summed E-state index contributed by atoms with van der Waals surface area (Å²) in [7, 11) is 0. The summed E-state index contributed by atoms with van der Waals surface area (Å²) in [4.78, 5) is 11.2. The zero-order valence-electron chi connectivity index (χ0n) is 9.24.